The van der Waals surface area contributed by atoms with Crippen molar-refractivity contribution >= 4 is 16.0 Å². The summed E-state index contributed by atoms with van der Waals surface area (Å²) in [6, 6.07) is 11.1. The number of carbonyl (C=O) groups excluding carboxylic acids is 1. The van der Waals surface area contributed by atoms with Crippen molar-refractivity contribution in [3.8, 4) is 5.75 Å². The van der Waals surface area contributed by atoms with Gasteiger partial charge in [-0.2, -0.15) is 4.72 Å². The zero-order chi connectivity index (χ0) is 20.1. The lowest BCUT2D eigenvalue weighted by Crippen LogP contribution is -2.42. The second kappa shape index (κ2) is 8.40. The van der Waals surface area contributed by atoms with E-state index in [1.54, 1.807) is 30.3 Å². The van der Waals surface area contributed by atoms with E-state index in [2.05, 4.69) is 14.2 Å². The molecule has 0 aliphatic rings. The number of hydrogen-bond donors (Lipinski definition) is 1. The van der Waals surface area contributed by atoms with Crippen LogP contribution in [0.15, 0.2) is 59.5 Å². The Morgan fingerprint density at radius 2 is 1.67 bits per heavy atom. The van der Waals surface area contributed by atoms with Crippen LogP contribution in [0, 0.1) is 0 Å². The molecule has 1 atom stereocenters. The van der Waals surface area contributed by atoms with Crippen LogP contribution in [-0.4, -0.2) is 33.9 Å². The Bertz CT molecular complexity index is 868. The first-order valence-corrected chi connectivity index (χ1v) is 9.09. The lowest BCUT2D eigenvalue weighted by Gasteiger charge is -2.17. The first-order chi connectivity index (χ1) is 12.6. The summed E-state index contributed by atoms with van der Waals surface area (Å²) in [6.07, 6.45) is -4.84. The van der Waals surface area contributed by atoms with Crippen molar-refractivity contribution in [2.45, 2.75) is 23.7 Å². The third kappa shape index (κ3) is 6.26. The number of halogens is 3. The molecule has 0 aliphatic carbocycles. The maximum atomic E-state index is 12.5. The minimum atomic E-state index is -4.88. The summed E-state index contributed by atoms with van der Waals surface area (Å²) in [5, 5.41) is 0. The molecular weight excluding hydrogens is 387 g/mol. The van der Waals surface area contributed by atoms with Gasteiger partial charge in [-0.15, -0.1) is 13.2 Å². The molecule has 0 amide bonds. The van der Waals surface area contributed by atoms with Crippen LogP contribution in [0.1, 0.15) is 5.56 Å². The Morgan fingerprint density at radius 3 is 2.19 bits per heavy atom. The molecule has 0 heterocycles. The molecule has 2 aromatic carbocycles. The van der Waals surface area contributed by atoms with Crippen molar-refractivity contribution in [2.24, 2.45) is 0 Å². The van der Waals surface area contributed by atoms with Gasteiger partial charge in [0.25, 0.3) is 0 Å². The van der Waals surface area contributed by atoms with Gasteiger partial charge in [0.05, 0.1) is 12.0 Å². The quantitative estimate of drug-likeness (QED) is 0.719. The maximum Gasteiger partial charge on any atom is 0.573 e. The van der Waals surface area contributed by atoms with Crippen LogP contribution >= 0.6 is 0 Å². The summed E-state index contributed by atoms with van der Waals surface area (Å²) >= 11 is 0. The van der Waals surface area contributed by atoms with Gasteiger partial charge in [0, 0.05) is 0 Å². The Labute approximate surface area is 154 Å². The molecule has 0 saturated heterocycles. The Morgan fingerprint density at radius 1 is 1.07 bits per heavy atom. The SMILES string of the molecule is COC(=O)[C@@H](Cc1ccccc1)NS(=O)(=O)c1ccc(OC(F)(F)F)cc1. The molecule has 0 radical (unpaired) electrons. The number of rotatable bonds is 7. The van der Waals surface area contributed by atoms with Crippen molar-refractivity contribution in [1.29, 1.82) is 0 Å². The number of carbonyl (C=O) groups is 1. The van der Waals surface area contributed by atoms with Crippen molar-refractivity contribution in [3.05, 3.63) is 60.2 Å². The smallest absolute Gasteiger partial charge is 0.468 e. The predicted octanol–water partition coefficient (Wildman–Crippen LogP) is 2.65. The minimum Gasteiger partial charge on any atom is -0.468 e. The second-order valence-electron chi connectivity index (χ2n) is 5.41. The summed E-state index contributed by atoms with van der Waals surface area (Å²) in [5.41, 5.74) is 0.699. The van der Waals surface area contributed by atoms with Crippen molar-refractivity contribution < 1.29 is 35.9 Å². The van der Waals surface area contributed by atoms with E-state index in [1.165, 1.54) is 0 Å². The van der Waals surface area contributed by atoms with Gasteiger partial charge in [0.15, 0.2) is 0 Å². The van der Waals surface area contributed by atoms with Crippen LogP contribution < -0.4 is 9.46 Å². The van der Waals surface area contributed by atoms with Crippen LogP contribution in [0.25, 0.3) is 0 Å². The van der Waals surface area contributed by atoms with Gasteiger partial charge in [-0.3, -0.25) is 4.79 Å². The highest BCUT2D eigenvalue weighted by Gasteiger charge is 2.31. The number of benzene rings is 2. The van der Waals surface area contributed by atoms with E-state index in [-0.39, 0.29) is 11.3 Å². The van der Waals surface area contributed by atoms with Gasteiger partial charge in [0.1, 0.15) is 11.8 Å². The normalized spacial score (nSPS) is 13.0. The zero-order valence-electron chi connectivity index (χ0n) is 14.1. The molecule has 0 aromatic heterocycles. The summed E-state index contributed by atoms with van der Waals surface area (Å²) in [6.45, 7) is 0. The summed E-state index contributed by atoms with van der Waals surface area (Å²) in [5.74, 6) is -1.35. The molecule has 1 N–H and O–H groups in total. The fourth-order valence-corrected chi connectivity index (χ4v) is 3.43. The lowest BCUT2D eigenvalue weighted by atomic mass is 10.1. The highest BCUT2D eigenvalue weighted by Crippen LogP contribution is 2.24. The number of esters is 1. The summed E-state index contributed by atoms with van der Waals surface area (Å²) in [7, 11) is -3.06. The molecule has 0 unspecified atom stereocenters. The zero-order valence-corrected chi connectivity index (χ0v) is 14.9. The Hall–Kier alpha value is -2.59. The highest BCUT2D eigenvalue weighted by atomic mass is 32.2. The molecule has 10 heteroatoms. The molecule has 0 saturated carbocycles. The molecule has 0 bridgehead atoms. The van der Waals surface area contributed by atoms with E-state index in [9.17, 15) is 26.4 Å². The Balaban J connectivity index is 2.19. The van der Waals surface area contributed by atoms with E-state index in [0.717, 1.165) is 31.4 Å². The summed E-state index contributed by atoms with van der Waals surface area (Å²) in [4.78, 5) is 11.6. The van der Waals surface area contributed by atoms with Gasteiger partial charge >= 0.3 is 12.3 Å². The van der Waals surface area contributed by atoms with Gasteiger partial charge in [-0.25, -0.2) is 8.42 Å². The number of sulfonamides is 1. The third-order valence-corrected chi connectivity index (χ3v) is 4.92. The fourth-order valence-electron chi connectivity index (χ4n) is 2.24. The van der Waals surface area contributed by atoms with E-state index in [4.69, 9.17) is 0 Å². The van der Waals surface area contributed by atoms with Gasteiger partial charge < -0.3 is 9.47 Å². The lowest BCUT2D eigenvalue weighted by molar-refractivity contribution is -0.274. The Kier molecular flexibility index (Phi) is 6.45. The number of methoxy groups -OCH3 is 1. The molecule has 146 valence electrons. The van der Waals surface area contributed by atoms with Crippen molar-refractivity contribution in [3.63, 3.8) is 0 Å². The minimum absolute atomic E-state index is 0.0437. The molecule has 27 heavy (non-hydrogen) atoms. The van der Waals surface area contributed by atoms with Gasteiger partial charge in [-0.1, -0.05) is 30.3 Å². The second-order valence-corrected chi connectivity index (χ2v) is 7.12. The third-order valence-electron chi connectivity index (χ3n) is 3.43. The van der Waals surface area contributed by atoms with E-state index in [0.29, 0.717) is 5.56 Å². The highest BCUT2D eigenvalue weighted by molar-refractivity contribution is 7.89. The molecule has 2 rings (SSSR count). The maximum absolute atomic E-state index is 12.5. The van der Waals surface area contributed by atoms with Crippen LogP contribution in [0.2, 0.25) is 0 Å². The number of nitrogens with one attached hydrogen (secondary N) is 1. The standard InChI is InChI=1S/C17H16F3NO5S/c1-25-16(22)15(11-12-5-3-2-4-6-12)21-27(23,24)14-9-7-13(8-10-14)26-17(18,19)20/h2-10,15,21H,11H2,1H3/t15-/m1/s1. The van der Waals surface area contributed by atoms with Crippen molar-refractivity contribution in [1.82, 2.24) is 4.72 Å². The van der Waals surface area contributed by atoms with Crippen LogP contribution in [0.3, 0.4) is 0 Å². The monoisotopic (exact) mass is 403 g/mol. The summed E-state index contributed by atoms with van der Waals surface area (Å²) < 4.78 is 72.0. The van der Waals surface area contributed by atoms with Crippen LogP contribution in [0.4, 0.5) is 13.2 Å². The van der Waals surface area contributed by atoms with Crippen LogP contribution in [-0.2, 0) is 26.0 Å². The molecule has 0 spiro atoms. The van der Waals surface area contributed by atoms with E-state index in [1.807, 2.05) is 0 Å². The van der Waals surface area contributed by atoms with Crippen LogP contribution in [0.5, 0.6) is 5.75 Å². The first-order valence-electron chi connectivity index (χ1n) is 7.60. The molecule has 6 nitrogen and oxygen atoms in total. The predicted molar refractivity (Wildman–Crippen MR) is 89.4 cm³/mol. The number of hydrogen-bond acceptors (Lipinski definition) is 5. The number of ether oxygens (including phenoxy) is 2. The molecule has 2 aromatic rings. The van der Waals surface area contributed by atoms with E-state index < -0.39 is 34.1 Å². The van der Waals surface area contributed by atoms with Gasteiger partial charge in [-0.05, 0) is 36.2 Å². The molecule has 0 fully saturated rings. The average Bonchev–Trinajstić information content (AvgIpc) is 2.60. The topological polar surface area (TPSA) is 81.7 Å². The molecular formula is C17H16F3NO5S. The van der Waals surface area contributed by atoms with Gasteiger partial charge in [0.2, 0.25) is 10.0 Å². The molecule has 0 aliphatic heterocycles. The average molecular weight is 403 g/mol. The van der Waals surface area contributed by atoms with Crippen molar-refractivity contribution in [2.75, 3.05) is 7.11 Å². The first kappa shape index (κ1) is 20.7. The van der Waals surface area contributed by atoms with E-state index >= 15 is 0 Å². The fraction of sp³-hybridized carbons (Fsp3) is 0.235. The largest absolute Gasteiger partial charge is 0.573 e. The number of alkyl halides is 3.